The highest BCUT2D eigenvalue weighted by Gasteiger charge is 2.18. The van der Waals surface area contributed by atoms with Crippen LogP contribution in [0.4, 0.5) is 5.82 Å². The molecule has 1 saturated heterocycles. The lowest BCUT2D eigenvalue weighted by Gasteiger charge is -2.23. The summed E-state index contributed by atoms with van der Waals surface area (Å²) in [4.78, 5) is 22.1. The second-order valence-electron chi connectivity index (χ2n) is 7.86. The SMILES string of the molecule is O=C(NCC1CCNCC1)c1ccc(-c2ccccc2)nc1NCCc1ccccn1. The van der Waals surface area contributed by atoms with Crippen LogP contribution in [0.3, 0.4) is 0 Å². The molecule has 3 N–H and O–H groups in total. The number of rotatable bonds is 8. The zero-order chi connectivity index (χ0) is 21.3. The number of carbonyl (C=O) groups excluding carboxylic acids is 1. The highest BCUT2D eigenvalue weighted by atomic mass is 16.1. The predicted octanol–water partition coefficient (Wildman–Crippen LogP) is 3.53. The molecule has 1 fully saturated rings. The van der Waals surface area contributed by atoms with E-state index < -0.39 is 0 Å². The molecule has 1 aromatic carbocycles. The first-order valence-electron chi connectivity index (χ1n) is 11.0. The highest BCUT2D eigenvalue weighted by Crippen LogP contribution is 2.22. The molecule has 1 aliphatic rings. The van der Waals surface area contributed by atoms with Crippen LogP contribution in [0.5, 0.6) is 0 Å². The zero-order valence-corrected chi connectivity index (χ0v) is 17.7. The second-order valence-corrected chi connectivity index (χ2v) is 7.86. The standard InChI is InChI=1S/C25H29N5O/c31-25(29-18-19-11-15-26-16-12-19)22-9-10-23(20-6-2-1-3-7-20)30-24(22)28-17-13-21-8-4-5-14-27-21/h1-10,14,19,26H,11-13,15-18H2,(H,28,30)(H,29,31). The molecule has 31 heavy (non-hydrogen) atoms. The molecule has 4 rings (SSSR count). The van der Waals surface area contributed by atoms with Crippen LogP contribution in [0, 0.1) is 5.92 Å². The minimum Gasteiger partial charge on any atom is -0.369 e. The molecule has 3 aromatic rings. The van der Waals surface area contributed by atoms with Gasteiger partial charge in [-0.1, -0.05) is 36.4 Å². The minimum absolute atomic E-state index is 0.0778. The molecule has 6 nitrogen and oxygen atoms in total. The van der Waals surface area contributed by atoms with Gasteiger partial charge in [0.05, 0.1) is 11.3 Å². The van der Waals surface area contributed by atoms with Crippen molar-refractivity contribution in [2.45, 2.75) is 19.3 Å². The van der Waals surface area contributed by atoms with Crippen LogP contribution >= 0.6 is 0 Å². The maximum absolute atomic E-state index is 13.0. The topological polar surface area (TPSA) is 78.9 Å². The first kappa shape index (κ1) is 21.0. The average molecular weight is 416 g/mol. The number of amides is 1. The lowest BCUT2D eigenvalue weighted by molar-refractivity contribution is 0.0944. The van der Waals surface area contributed by atoms with Crippen molar-refractivity contribution < 1.29 is 4.79 Å². The van der Waals surface area contributed by atoms with Gasteiger partial charge in [-0.2, -0.15) is 0 Å². The number of piperidine rings is 1. The van der Waals surface area contributed by atoms with E-state index in [0.717, 1.165) is 49.3 Å². The van der Waals surface area contributed by atoms with Gasteiger partial charge in [-0.25, -0.2) is 4.98 Å². The number of carbonyl (C=O) groups is 1. The fourth-order valence-corrected chi connectivity index (χ4v) is 3.82. The third kappa shape index (κ3) is 5.89. The number of nitrogens with zero attached hydrogens (tertiary/aromatic N) is 2. The number of benzene rings is 1. The van der Waals surface area contributed by atoms with E-state index in [0.29, 0.717) is 30.4 Å². The number of hydrogen-bond donors (Lipinski definition) is 3. The Labute approximate surface area is 183 Å². The third-order valence-electron chi connectivity index (χ3n) is 5.62. The Morgan fingerprint density at radius 2 is 1.81 bits per heavy atom. The highest BCUT2D eigenvalue weighted by molar-refractivity contribution is 5.99. The molecule has 1 aliphatic heterocycles. The number of hydrogen-bond acceptors (Lipinski definition) is 5. The predicted molar refractivity (Wildman–Crippen MR) is 124 cm³/mol. The van der Waals surface area contributed by atoms with Gasteiger partial charge < -0.3 is 16.0 Å². The van der Waals surface area contributed by atoms with Crippen molar-refractivity contribution in [1.29, 1.82) is 0 Å². The average Bonchev–Trinajstić information content (AvgIpc) is 2.84. The van der Waals surface area contributed by atoms with Crippen LogP contribution in [-0.2, 0) is 6.42 Å². The normalized spacial score (nSPS) is 14.2. The van der Waals surface area contributed by atoms with Crippen molar-refractivity contribution in [3.05, 3.63) is 78.1 Å². The third-order valence-corrected chi connectivity index (χ3v) is 5.62. The Kier molecular flexibility index (Phi) is 7.24. The molecule has 0 bridgehead atoms. The van der Waals surface area contributed by atoms with E-state index in [1.807, 2.05) is 60.7 Å². The van der Waals surface area contributed by atoms with Gasteiger partial charge in [0.15, 0.2) is 0 Å². The van der Waals surface area contributed by atoms with Crippen molar-refractivity contribution in [2.75, 3.05) is 31.5 Å². The van der Waals surface area contributed by atoms with E-state index in [2.05, 4.69) is 20.9 Å². The van der Waals surface area contributed by atoms with Crippen molar-refractivity contribution in [1.82, 2.24) is 20.6 Å². The summed E-state index contributed by atoms with van der Waals surface area (Å²) < 4.78 is 0. The minimum atomic E-state index is -0.0778. The van der Waals surface area contributed by atoms with E-state index in [4.69, 9.17) is 4.98 Å². The summed E-state index contributed by atoms with van der Waals surface area (Å²) in [5.41, 5.74) is 3.45. The number of aromatic nitrogens is 2. The number of anilines is 1. The molecular weight excluding hydrogens is 386 g/mol. The molecule has 3 heterocycles. The van der Waals surface area contributed by atoms with E-state index in [1.54, 1.807) is 6.20 Å². The van der Waals surface area contributed by atoms with Crippen LogP contribution in [0.15, 0.2) is 66.9 Å². The Balaban J connectivity index is 1.48. The summed E-state index contributed by atoms with van der Waals surface area (Å²) >= 11 is 0. The van der Waals surface area contributed by atoms with Crippen molar-refractivity contribution in [3.63, 3.8) is 0 Å². The zero-order valence-electron chi connectivity index (χ0n) is 17.7. The van der Waals surface area contributed by atoms with Crippen LogP contribution in [0.25, 0.3) is 11.3 Å². The summed E-state index contributed by atoms with van der Waals surface area (Å²) in [5, 5.41) is 9.85. The van der Waals surface area contributed by atoms with Gasteiger partial charge in [0.1, 0.15) is 5.82 Å². The van der Waals surface area contributed by atoms with Gasteiger partial charge >= 0.3 is 0 Å². The maximum atomic E-state index is 13.0. The Hall–Kier alpha value is -3.25. The Morgan fingerprint density at radius 3 is 2.58 bits per heavy atom. The van der Waals surface area contributed by atoms with E-state index in [1.165, 1.54) is 0 Å². The van der Waals surface area contributed by atoms with Crippen molar-refractivity contribution >= 4 is 11.7 Å². The molecule has 0 radical (unpaired) electrons. The Bertz CT molecular complexity index is 972. The number of nitrogens with one attached hydrogen (secondary N) is 3. The van der Waals surface area contributed by atoms with Gasteiger partial charge in [0.2, 0.25) is 0 Å². The smallest absolute Gasteiger partial charge is 0.255 e. The molecular formula is C25H29N5O. The van der Waals surface area contributed by atoms with Gasteiger partial charge in [0, 0.05) is 37.0 Å². The lowest BCUT2D eigenvalue weighted by Crippen LogP contribution is -2.36. The maximum Gasteiger partial charge on any atom is 0.255 e. The van der Waals surface area contributed by atoms with Crippen molar-refractivity contribution in [3.8, 4) is 11.3 Å². The van der Waals surface area contributed by atoms with E-state index in [-0.39, 0.29) is 5.91 Å². The van der Waals surface area contributed by atoms with E-state index >= 15 is 0 Å². The second kappa shape index (κ2) is 10.7. The molecule has 0 unspecified atom stereocenters. The summed E-state index contributed by atoms with van der Waals surface area (Å²) in [5.74, 6) is 1.06. The molecule has 0 aliphatic carbocycles. The Morgan fingerprint density at radius 1 is 1.00 bits per heavy atom. The summed E-state index contributed by atoms with van der Waals surface area (Å²) in [6.07, 6.45) is 4.75. The van der Waals surface area contributed by atoms with Crippen molar-refractivity contribution in [2.24, 2.45) is 5.92 Å². The van der Waals surface area contributed by atoms with Gasteiger partial charge in [-0.3, -0.25) is 9.78 Å². The molecule has 0 spiro atoms. The monoisotopic (exact) mass is 415 g/mol. The largest absolute Gasteiger partial charge is 0.369 e. The van der Waals surface area contributed by atoms with Gasteiger partial charge in [-0.15, -0.1) is 0 Å². The molecule has 160 valence electrons. The summed E-state index contributed by atoms with van der Waals surface area (Å²) in [7, 11) is 0. The molecule has 2 aromatic heterocycles. The molecule has 6 heteroatoms. The summed E-state index contributed by atoms with van der Waals surface area (Å²) in [6.45, 7) is 3.40. The molecule has 1 amide bonds. The van der Waals surface area contributed by atoms with Crippen LogP contribution in [-0.4, -0.2) is 42.1 Å². The first-order chi connectivity index (χ1) is 15.3. The lowest BCUT2D eigenvalue weighted by atomic mass is 9.98. The fraction of sp³-hybridized carbons (Fsp3) is 0.320. The summed E-state index contributed by atoms with van der Waals surface area (Å²) in [6, 6.07) is 19.7. The quantitative estimate of drug-likeness (QED) is 0.525. The molecule has 0 saturated carbocycles. The fourth-order valence-electron chi connectivity index (χ4n) is 3.82. The first-order valence-corrected chi connectivity index (χ1v) is 11.0. The van der Waals surface area contributed by atoms with Crippen LogP contribution in [0.1, 0.15) is 28.9 Å². The van der Waals surface area contributed by atoms with Crippen LogP contribution in [0.2, 0.25) is 0 Å². The van der Waals surface area contributed by atoms with Gasteiger partial charge in [-0.05, 0) is 56.1 Å². The number of pyridine rings is 2. The van der Waals surface area contributed by atoms with Crippen LogP contribution < -0.4 is 16.0 Å². The van der Waals surface area contributed by atoms with Gasteiger partial charge in [0.25, 0.3) is 5.91 Å². The van der Waals surface area contributed by atoms with E-state index in [9.17, 15) is 4.79 Å². The molecule has 0 atom stereocenters.